The van der Waals surface area contributed by atoms with Crippen molar-refractivity contribution in [2.24, 2.45) is 0 Å². The van der Waals surface area contributed by atoms with Crippen LogP contribution in [-0.4, -0.2) is 29.7 Å². The minimum atomic E-state index is -1.12. The lowest BCUT2D eigenvalue weighted by molar-refractivity contribution is -0.113. The maximum Gasteiger partial charge on any atom is 0.335 e. The van der Waals surface area contributed by atoms with Gasteiger partial charge in [-0.3, -0.25) is 9.59 Å². The molecule has 33 heavy (non-hydrogen) atoms. The highest BCUT2D eigenvalue weighted by molar-refractivity contribution is 9.10. The van der Waals surface area contributed by atoms with Crippen molar-refractivity contribution in [1.29, 1.82) is 0 Å². The van der Waals surface area contributed by atoms with Gasteiger partial charge in [0.15, 0.2) is 11.5 Å². The number of halogens is 1. The van der Waals surface area contributed by atoms with Gasteiger partial charge in [-0.2, -0.15) is 0 Å². The third-order valence-corrected chi connectivity index (χ3v) is 5.20. The third-order valence-electron chi connectivity index (χ3n) is 4.67. The molecule has 166 valence electrons. The Balaban J connectivity index is 1.63. The number of benzene rings is 3. The van der Waals surface area contributed by atoms with E-state index in [1.54, 1.807) is 48.5 Å². The molecule has 1 aliphatic rings. The van der Waals surface area contributed by atoms with Gasteiger partial charge in [-0.1, -0.05) is 28.1 Å². The number of nitrogens with one attached hydrogen (secondary N) is 2. The van der Waals surface area contributed by atoms with E-state index in [0.29, 0.717) is 22.6 Å². The lowest BCUT2D eigenvalue weighted by atomic mass is 10.1. The number of anilines is 1. The van der Waals surface area contributed by atoms with Crippen molar-refractivity contribution in [2.45, 2.75) is 0 Å². The molecule has 1 heterocycles. The Kier molecular flexibility index (Phi) is 6.41. The highest BCUT2D eigenvalue weighted by Crippen LogP contribution is 2.33. The highest BCUT2D eigenvalue weighted by atomic mass is 79.9. The van der Waals surface area contributed by atoms with Crippen LogP contribution in [0, 0.1) is 0 Å². The predicted molar refractivity (Wildman–Crippen MR) is 124 cm³/mol. The third kappa shape index (κ3) is 5.39. The van der Waals surface area contributed by atoms with Crippen LogP contribution < -0.4 is 20.1 Å². The van der Waals surface area contributed by atoms with Gasteiger partial charge in [0.1, 0.15) is 5.70 Å². The maximum absolute atomic E-state index is 13.0. The van der Waals surface area contributed by atoms with Crippen molar-refractivity contribution >= 4 is 45.5 Å². The van der Waals surface area contributed by atoms with E-state index < -0.39 is 17.8 Å². The molecule has 4 rings (SSSR count). The van der Waals surface area contributed by atoms with Crippen molar-refractivity contribution in [2.75, 3.05) is 12.1 Å². The van der Waals surface area contributed by atoms with Crippen LogP contribution in [0.5, 0.6) is 11.5 Å². The van der Waals surface area contributed by atoms with Crippen LogP contribution in [0.15, 0.2) is 76.9 Å². The first-order valence-corrected chi connectivity index (χ1v) is 10.5. The molecule has 3 aromatic rings. The van der Waals surface area contributed by atoms with Crippen LogP contribution in [-0.2, 0) is 4.79 Å². The molecule has 3 aromatic carbocycles. The zero-order valence-electron chi connectivity index (χ0n) is 17.0. The Morgan fingerprint density at radius 3 is 2.42 bits per heavy atom. The average Bonchev–Trinajstić information content (AvgIpc) is 3.27. The zero-order valence-corrected chi connectivity index (χ0v) is 18.6. The first-order chi connectivity index (χ1) is 15.9. The Hall–Kier alpha value is -4.11. The molecule has 0 radical (unpaired) electrons. The van der Waals surface area contributed by atoms with Crippen molar-refractivity contribution in [3.8, 4) is 11.5 Å². The number of ether oxygens (including phenoxy) is 2. The van der Waals surface area contributed by atoms with Crippen LogP contribution in [0.3, 0.4) is 0 Å². The van der Waals surface area contributed by atoms with Gasteiger partial charge < -0.3 is 25.2 Å². The van der Waals surface area contributed by atoms with Crippen LogP contribution >= 0.6 is 15.9 Å². The molecule has 0 spiro atoms. The van der Waals surface area contributed by atoms with Gasteiger partial charge in [-0.05, 0) is 66.2 Å². The Labute approximate surface area is 197 Å². The molecule has 1 aliphatic heterocycles. The molecule has 9 heteroatoms. The van der Waals surface area contributed by atoms with Crippen molar-refractivity contribution < 1.29 is 29.0 Å². The molecule has 0 aromatic heterocycles. The van der Waals surface area contributed by atoms with Crippen LogP contribution in [0.4, 0.5) is 5.69 Å². The number of fused-ring (bicyclic) bond motifs is 1. The van der Waals surface area contributed by atoms with Gasteiger partial charge in [0.2, 0.25) is 6.79 Å². The summed E-state index contributed by atoms with van der Waals surface area (Å²) in [5.74, 6) is -1.12. The lowest BCUT2D eigenvalue weighted by Crippen LogP contribution is -2.30. The highest BCUT2D eigenvalue weighted by Gasteiger charge is 2.18. The summed E-state index contributed by atoms with van der Waals surface area (Å²) in [5.41, 5.74) is 1.21. The molecule has 0 fully saturated rings. The van der Waals surface area contributed by atoms with Gasteiger partial charge in [-0.25, -0.2) is 4.79 Å². The largest absolute Gasteiger partial charge is 0.478 e. The Morgan fingerprint density at radius 1 is 0.909 bits per heavy atom. The molecule has 0 bridgehead atoms. The predicted octanol–water partition coefficient (Wildman–Crippen LogP) is 4.29. The topological polar surface area (TPSA) is 114 Å². The van der Waals surface area contributed by atoms with Crippen LogP contribution in [0.1, 0.15) is 26.3 Å². The van der Waals surface area contributed by atoms with Gasteiger partial charge >= 0.3 is 5.97 Å². The number of carbonyl (C=O) groups is 3. The van der Waals surface area contributed by atoms with E-state index in [2.05, 4.69) is 26.6 Å². The minimum Gasteiger partial charge on any atom is -0.478 e. The number of aromatic carboxylic acids is 1. The average molecular weight is 509 g/mol. The number of hydrogen-bond acceptors (Lipinski definition) is 5. The zero-order chi connectivity index (χ0) is 23.4. The Morgan fingerprint density at radius 2 is 1.67 bits per heavy atom. The van der Waals surface area contributed by atoms with E-state index in [9.17, 15) is 19.5 Å². The van der Waals surface area contributed by atoms with E-state index in [-0.39, 0.29) is 23.7 Å². The summed E-state index contributed by atoms with van der Waals surface area (Å²) >= 11 is 3.32. The fourth-order valence-corrected chi connectivity index (χ4v) is 3.32. The van der Waals surface area contributed by atoms with Crippen molar-refractivity contribution in [3.63, 3.8) is 0 Å². The number of rotatable bonds is 6. The smallest absolute Gasteiger partial charge is 0.335 e. The number of carboxylic acids is 1. The second-order valence-corrected chi connectivity index (χ2v) is 7.89. The fourth-order valence-electron chi connectivity index (χ4n) is 3.05. The molecule has 0 atom stereocenters. The number of carbonyl (C=O) groups excluding carboxylic acids is 2. The second-order valence-electron chi connectivity index (χ2n) is 6.97. The molecule has 0 saturated carbocycles. The summed E-state index contributed by atoms with van der Waals surface area (Å²) < 4.78 is 11.5. The van der Waals surface area contributed by atoms with E-state index in [1.165, 1.54) is 24.3 Å². The van der Waals surface area contributed by atoms with Crippen molar-refractivity contribution in [3.05, 3.63) is 93.6 Å². The van der Waals surface area contributed by atoms with E-state index in [0.717, 1.165) is 4.47 Å². The second kappa shape index (κ2) is 9.58. The molecule has 0 aliphatic carbocycles. The molecule has 8 nitrogen and oxygen atoms in total. The van der Waals surface area contributed by atoms with Gasteiger partial charge in [0.05, 0.1) is 5.56 Å². The van der Waals surface area contributed by atoms with Crippen molar-refractivity contribution in [1.82, 2.24) is 5.32 Å². The van der Waals surface area contributed by atoms with E-state index >= 15 is 0 Å². The first-order valence-electron chi connectivity index (χ1n) is 9.72. The minimum absolute atomic E-state index is 0.0213. The monoisotopic (exact) mass is 508 g/mol. The summed E-state index contributed by atoms with van der Waals surface area (Å²) in [5, 5.41) is 14.4. The Bertz CT molecular complexity index is 1270. The lowest BCUT2D eigenvalue weighted by Gasteiger charge is -2.12. The summed E-state index contributed by atoms with van der Waals surface area (Å²) in [6.07, 6.45) is 1.50. The fraction of sp³-hybridized carbons (Fsp3) is 0.0417. The SMILES string of the molecule is O=C(Nc1cccc(C(=O)O)c1)/C(=C/c1ccc2c(c1)OCO2)NC(=O)c1ccc(Br)cc1. The quantitative estimate of drug-likeness (QED) is 0.428. The normalized spacial score (nSPS) is 12.2. The standard InChI is InChI=1S/C24H17BrN2O6/c25-17-7-5-15(6-8-17)22(28)27-19(10-14-4-9-20-21(11-14)33-13-32-20)23(29)26-18-3-1-2-16(12-18)24(30)31/h1-12H,13H2,(H,26,29)(H,27,28)(H,30,31)/b19-10-. The van der Waals surface area contributed by atoms with E-state index in [4.69, 9.17) is 9.47 Å². The molecule has 0 saturated heterocycles. The molecule has 0 unspecified atom stereocenters. The number of amides is 2. The van der Waals surface area contributed by atoms with Gasteiger partial charge in [-0.15, -0.1) is 0 Å². The summed E-state index contributed by atoms with van der Waals surface area (Å²) in [4.78, 5) is 37.0. The molecular formula is C24H17BrN2O6. The van der Waals surface area contributed by atoms with Gasteiger partial charge in [0.25, 0.3) is 11.8 Å². The molecular weight excluding hydrogens is 492 g/mol. The molecule has 2 amide bonds. The molecule has 3 N–H and O–H groups in total. The van der Waals surface area contributed by atoms with E-state index in [1.807, 2.05) is 0 Å². The van der Waals surface area contributed by atoms with Crippen LogP contribution in [0.2, 0.25) is 0 Å². The maximum atomic E-state index is 13.0. The summed E-state index contributed by atoms with van der Waals surface area (Å²) in [7, 11) is 0. The number of hydrogen-bond donors (Lipinski definition) is 3. The van der Waals surface area contributed by atoms with Crippen LogP contribution in [0.25, 0.3) is 6.08 Å². The van der Waals surface area contributed by atoms with Gasteiger partial charge in [0, 0.05) is 15.7 Å². The number of carboxylic acid groups (broad SMARTS) is 1. The first kappa shape index (κ1) is 22.1. The summed E-state index contributed by atoms with van der Waals surface area (Å²) in [6.45, 7) is 0.107. The summed E-state index contributed by atoms with van der Waals surface area (Å²) in [6, 6.07) is 17.6.